The molecule has 1 saturated heterocycles. The van der Waals surface area contributed by atoms with Crippen molar-refractivity contribution in [1.29, 1.82) is 0 Å². The third-order valence-corrected chi connectivity index (χ3v) is 4.87. The molecule has 1 aliphatic heterocycles. The molecule has 3 rings (SSSR count). The highest BCUT2D eigenvalue weighted by Gasteiger charge is 2.21. The zero-order valence-electron chi connectivity index (χ0n) is 10.8. The second-order valence-electron chi connectivity index (χ2n) is 4.85. The lowest BCUT2D eigenvalue weighted by Gasteiger charge is -2.22. The van der Waals surface area contributed by atoms with Crippen molar-refractivity contribution in [3.63, 3.8) is 0 Å². The fourth-order valence-corrected chi connectivity index (χ4v) is 3.53. The summed E-state index contributed by atoms with van der Waals surface area (Å²) in [6.07, 6.45) is 1.70. The number of carbonyl (C=O) groups is 1. The number of anilines is 1. The molecule has 0 unspecified atom stereocenters. The van der Waals surface area contributed by atoms with E-state index in [4.69, 9.17) is 22.1 Å². The first-order valence-electron chi connectivity index (χ1n) is 6.51. The minimum Gasteiger partial charge on any atom is -0.397 e. The maximum atomic E-state index is 12.3. The molecule has 1 aliphatic rings. The van der Waals surface area contributed by atoms with Crippen molar-refractivity contribution >= 4 is 44.6 Å². The summed E-state index contributed by atoms with van der Waals surface area (Å²) >= 11 is 7.37. The number of amides is 1. The van der Waals surface area contributed by atoms with E-state index in [9.17, 15) is 4.79 Å². The van der Waals surface area contributed by atoms with Gasteiger partial charge in [-0.15, -0.1) is 11.3 Å². The first kappa shape index (κ1) is 13.7. The molecule has 0 radical (unpaired) electrons. The average Bonchev–Trinajstić information content (AvgIpc) is 2.77. The molecule has 2 aromatic rings. The molecule has 4 nitrogen and oxygen atoms in total. The summed E-state index contributed by atoms with van der Waals surface area (Å²) in [7, 11) is 0. The fraction of sp³-hybridized carbons (Fsp3) is 0.357. The number of fused-ring (bicyclic) bond motifs is 1. The van der Waals surface area contributed by atoms with Gasteiger partial charge < -0.3 is 15.8 Å². The van der Waals surface area contributed by atoms with Crippen LogP contribution in [-0.2, 0) is 4.74 Å². The Morgan fingerprint density at radius 1 is 1.40 bits per heavy atom. The molecular formula is C14H15ClN2O2S. The van der Waals surface area contributed by atoms with Crippen LogP contribution in [0.2, 0.25) is 5.02 Å². The van der Waals surface area contributed by atoms with Crippen molar-refractivity contribution < 1.29 is 9.53 Å². The van der Waals surface area contributed by atoms with Crippen LogP contribution in [0.15, 0.2) is 18.2 Å². The van der Waals surface area contributed by atoms with Gasteiger partial charge in [-0.05, 0) is 31.0 Å². The zero-order chi connectivity index (χ0) is 14.1. The summed E-state index contributed by atoms with van der Waals surface area (Å²) in [5, 5.41) is 4.50. The van der Waals surface area contributed by atoms with Crippen molar-refractivity contribution in [3.05, 3.63) is 28.1 Å². The Labute approximate surface area is 125 Å². The van der Waals surface area contributed by atoms with Crippen LogP contribution in [-0.4, -0.2) is 25.2 Å². The molecule has 1 aromatic carbocycles. The number of thiophene rings is 1. The Balaban J connectivity index is 1.85. The van der Waals surface area contributed by atoms with E-state index in [1.807, 2.05) is 6.07 Å². The molecule has 1 fully saturated rings. The highest BCUT2D eigenvalue weighted by Crippen LogP contribution is 2.35. The van der Waals surface area contributed by atoms with Crippen LogP contribution in [0.5, 0.6) is 0 Å². The number of benzene rings is 1. The summed E-state index contributed by atoms with van der Waals surface area (Å²) in [5.41, 5.74) is 6.59. The second kappa shape index (κ2) is 5.60. The Morgan fingerprint density at radius 3 is 2.90 bits per heavy atom. The van der Waals surface area contributed by atoms with Gasteiger partial charge in [-0.2, -0.15) is 0 Å². The first-order chi connectivity index (χ1) is 9.65. The fourth-order valence-electron chi connectivity index (χ4n) is 2.35. The normalized spacial score (nSPS) is 16.4. The third kappa shape index (κ3) is 2.61. The Kier molecular flexibility index (Phi) is 3.83. The zero-order valence-corrected chi connectivity index (χ0v) is 12.4. The minimum atomic E-state index is -0.105. The second-order valence-corrected chi connectivity index (χ2v) is 6.33. The lowest BCUT2D eigenvalue weighted by Crippen LogP contribution is -2.38. The van der Waals surface area contributed by atoms with Gasteiger partial charge in [0.1, 0.15) is 4.88 Å². The molecule has 6 heteroatoms. The summed E-state index contributed by atoms with van der Waals surface area (Å²) in [6.45, 7) is 1.39. The molecule has 0 spiro atoms. The number of carbonyl (C=O) groups excluding carboxylic acids is 1. The van der Waals surface area contributed by atoms with Gasteiger partial charge in [-0.25, -0.2) is 0 Å². The van der Waals surface area contributed by atoms with E-state index in [-0.39, 0.29) is 11.9 Å². The van der Waals surface area contributed by atoms with Gasteiger partial charge in [0.25, 0.3) is 5.91 Å². The van der Waals surface area contributed by atoms with Crippen molar-refractivity contribution in [2.75, 3.05) is 18.9 Å². The molecule has 1 aromatic heterocycles. The molecule has 0 atom stereocenters. The maximum Gasteiger partial charge on any atom is 0.263 e. The molecule has 0 aliphatic carbocycles. The number of nitrogen functional groups attached to an aromatic ring is 1. The Bertz CT molecular complexity index is 650. The van der Waals surface area contributed by atoms with Crippen molar-refractivity contribution in [2.45, 2.75) is 18.9 Å². The summed E-state index contributed by atoms with van der Waals surface area (Å²) in [4.78, 5) is 12.9. The molecule has 0 saturated carbocycles. The molecular weight excluding hydrogens is 296 g/mol. The number of halogens is 1. The monoisotopic (exact) mass is 310 g/mol. The first-order valence-corrected chi connectivity index (χ1v) is 7.71. The Hall–Kier alpha value is -1.30. The average molecular weight is 311 g/mol. The smallest absolute Gasteiger partial charge is 0.263 e. The number of nitrogens with two attached hydrogens (primary N) is 1. The summed E-state index contributed by atoms with van der Waals surface area (Å²) in [5.74, 6) is -0.105. The van der Waals surface area contributed by atoms with E-state index in [0.717, 1.165) is 22.9 Å². The van der Waals surface area contributed by atoms with Gasteiger partial charge >= 0.3 is 0 Å². The standard InChI is InChI=1S/C14H15ClN2O2S/c15-8-1-2-11-10(7-8)12(16)13(20-11)14(18)17-9-3-5-19-6-4-9/h1-2,7,9H,3-6,16H2,(H,17,18). The SMILES string of the molecule is Nc1c(C(=O)NC2CCOCC2)sc2ccc(Cl)cc12. The van der Waals surface area contributed by atoms with Gasteiger partial charge in [0.2, 0.25) is 0 Å². The lowest BCUT2D eigenvalue weighted by molar-refractivity contribution is 0.0699. The van der Waals surface area contributed by atoms with Gasteiger partial charge in [-0.1, -0.05) is 11.6 Å². The summed E-state index contributed by atoms with van der Waals surface area (Å²) in [6, 6.07) is 5.67. The van der Waals surface area contributed by atoms with Gasteiger partial charge in [0, 0.05) is 34.4 Å². The van der Waals surface area contributed by atoms with Crippen LogP contribution in [0.25, 0.3) is 10.1 Å². The largest absolute Gasteiger partial charge is 0.397 e. The number of hydrogen-bond acceptors (Lipinski definition) is 4. The maximum absolute atomic E-state index is 12.3. The summed E-state index contributed by atoms with van der Waals surface area (Å²) < 4.78 is 6.26. The lowest BCUT2D eigenvalue weighted by atomic mass is 10.1. The molecule has 3 N–H and O–H groups in total. The molecule has 20 heavy (non-hydrogen) atoms. The Morgan fingerprint density at radius 2 is 2.15 bits per heavy atom. The molecule has 106 valence electrons. The molecule has 0 bridgehead atoms. The van der Waals surface area contributed by atoms with Crippen LogP contribution in [0, 0.1) is 0 Å². The van der Waals surface area contributed by atoms with Gasteiger partial charge in [-0.3, -0.25) is 4.79 Å². The quantitative estimate of drug-likeness (QED) is 0.896. The predicted octanol–water partition coefficient (Wildman–Crippen LogP) is 3.05. The predicted molar refractivity (Wildman–Crippen MR) is 82.6 cm³/mol. The highest BCUT2D eigenvalue weighted by atomic mass is 35.5. The van der Waals surface area contributed by atoms with Crippen molar-refractivity contribution in [1.82, 2.24) is 5.32 Å². The molecule has 1 amide bonds. The number of rotatable bonds is 2. The van der Waals surface area contributed by atoms with E-state index < -0.39 is 0 Å². The van der Waals surface area contributed by atoms with Gasteiger partial charge in [0.15, 0.2) is 0 Å². The van der Waals surface area contributed by atoms with Crippen LogP contribution in [0.3, 0.4) is 0 Å². The minimum absolute atomic E-state index is 0.105. The number of hydrogen-bond donors (Lipinski definition) is 2. The number of ether oxygens (including phenoxy) is 1. The van der Waals surface area contributed by atoms with Crippen molar-refractivity contribution in [3.8, 4) is 0 Å². The van der Waals surface area contributed by atoms with E-state index in [2.05, 4.69) is 5.32 Å². The van der Waals surface area contributed by atoms with Crippen molar-refractivity contribution in [2.24, 2.45) is 0 Å². The van der Waals surface area contributed by atoms with Crippen LogP contribution in [0.1, 0.15) is 22.5 Å². The van der Waals surface area contributed by atoms with Crippen LogP contribution in [0.4, 0.5) is 5.69 Å². The topological polar surface area (TPSA) is 64.4 Å². The van der Waals surface area contributed by atoms with Crippen LogP contribution >= 0.6 is 22.9 Å². The molecule has 2 heterocycles. The van der Waals surface area contributed by atoms with Crippen LogP contribution < -0.4 is 11.1 Å². The van der Waals surface area contributed by atoms with Gasteiger partial charge in [0.05, 0.1) is 5.69 Å². The number of nitrogens with one attached hydrogen (secondary N) is 1. The van der Waals surface area contributed by atoms with E-state index in [0.29, 0.717) is 28.8 Å². The van der Waals surface area contributed by atoms with E-state index in [1.54, 1.807) is 12.1 Å². The van der Waals surface area contributed by atoms with E-state index in [1.165, 1.54) is 11.3 Å². The van der Waals surface area contributed by atoms with E-state index >= 15 is 0 Å². The highest BCUT2D eigenvalue weighted by molar-refractivity contribution is 7.21. The third-order valence-electron chi connectivity index (χ3n) is 3.45.